The minimum absolute atomic E-state index is 0.108. The van der Waals surface area contributed by atoms with E-state index in [9.17, 15) is 4.79 Å². The molecule has 0 aliphatic carbocycles. The van der Waals surface area contributed by atoms with E-state index < -0.39 is 0 Å². The third-order valence-electron chi connectivity index (χ3n) is 1.79. The highest BCUT2D eigenvalue weighted by atomic mass is 127. The van der Waals surface area contributed by atoms with Gasteiger partial charge >= 0.3 is 0 Å². The highest BCUT2D eigenvalue weighted by Gasteiger charge is 2.21. The molecule has 76 valence electrons. The molecule has 0 radical (unpaired) electrons. The van der Waals surface area contributed by atoms with Crippen LogP contribution < -0.4 is 5.32 Å². The number of amides is 1. The zero-order valence-electron chi connectivity index (χ0n) is 7.49. The van der Waals surface area contributed by atoms with Crippen molar-refractivity contribution < 1.29 is 4.79 Å². The number of hydrogen-bond acceptors (Lipinski definition) is 3. The maximum Gasteiger partial charge on any atom is 0.263 e. The summed E-state index contributed by atoms with van der Waals surface area (Å²) in [6.07, 6.45) is 1.85. The summed E-state index contributed by atoms with van der Waals surface area (Å²) in [5, 5.41) is 2.59. The Balaban J connectivity index is 2.31. The molecule has 1 aromatic carbocycles. The van der Waals surface area contributed by atoms with Gasteiger partial charge in [0.2, 0.25) is 0 Å². The Bertz CT molecular complexity index is 470. The van der Waals surface area contributed by atoms with E-state index in [0.29, 0.717) is 9.23 Å². The third kappa shape index (κ3) is 2.79. The molecule has 1 N–H and O–H groups in total. The molecule has 2 nitrogen and oxygen atoms in total. The summed E-state index contributed by atoms with van der Waals surface area (Å²) in [5.74, 6) is -0.108. The smallest absolute Gasteiger partial charge is 0.263 e. The number of carbonyl (C=O) groups is 1. The molecule has 1 aliphatic rings. The SMILES string of the molecule is O=C1NC(=S)SC1=Cc1cccc(I)c1. The Hall–Kier alpha value is -0.400. The van der Waals surface area contributed by atoms with Gasteiger partial charge in [-0.05, 0) is 46.4 Å². The molecule has 1 aromatic rings. The van der Waals surface area contributed by atoms with Gasteiger partial charge in [0.15, 0.2) is 0 Å². The molecule has 15 heavy (non-hydrogen) atoms. The van der Waals surface area contributed by atoms with Gasteiger partial charge in [0, 0.05) is 3.57 Å². The summed E-state index contributed by atoms with van der Waals surface area (Å²) in [6, 6.07) is 7.95. The number of carbonyl (C=O) groups excluding carboxylic acids is 1. The van der Waals surface area contributed by atoms with Gasteiger partial charge < -0.3 is 5.32 Å². The van der Waals surface area contributed by atoms with E-state index in [-0.39, 0.29) is 5.91 Å². The van der Waals surface area contributed by atoms with Crippen molar-refractivity contribution >= 4 is 62.9 Å². The molecule has 0 atom stereocenters. The lowest BCUT2D eigenvalue weighted by Crippen LogP contribution is -2.17. The highest BCUT2D eigenvalue weighted by Crippen LogP contribution is 2.26. The Morgan fingerprint density at radius 3 is 2.87 bits per heavy atom. The number of hydrogen-bond donors (Lipinski definition) is 1. The third-order valence-corrected chi connectivity index (χ3v) is 3.62. The first kappa shape index (κ1) is 11.1. The molecule has 0 aromatic heterocycles. The normalized spacial score (nSPS) is 18.3. The van der Waals surface area contributed by atoms with Crippen molar-refractivity contribution in [1.29, 1.82) is 0 Å². The van der Waals surface area contributed by atoms with Crippen LogP contribution >= 0.6 is 46.6 Å². The van der Waals surface area contributed by atoms with E-state index in [0.717, 1.165) is 9.13 Å². The maximum absolute atomic E-state index is 11.4. The van der Waals surface area contributed by atoms with Crippen LogP contribution in [-0.2, 0) is 4.79 Å². The van der Waals surface area contributed by atoms with Crippen LogP contribution in [0.5, 0.6) is 0 Å². The maximum atomic E-state index is 11.4. The second-order valence-electron chi connectivity index (χ2n) is 2.91. The molecule has 1 fully saturated rings. The number of thioether (sulfide) groups is 1. The van der Waals surface area contributed by atoms with Crippen molar-refractivity contribution in [2.45, 2.75) is 0 Å². The van der Waals surface area contributed by atoms with E-state index in [1.807, 2.05) is 30.3 Å². The van der Waals surface area contributed by atoms with Gasteiger partial charge in [-0.1, -0.05) is 36.1 Å². The van der Waals surface area contributed by atoms with E-state index >= 15 is 0 Å². The second kappa shape index (κ2) is 4.63. The highest BCUT2D eigenvalue weighted by molar-refractivity contribution is 14.1. The quantitative estimate of drug-likeness (QED) is 0.481. The van der Waals surface area contributed by atoms with Crippen molar-refractivity contribution in [3.05, 3.63) is 38.3 Å². The fourth-order valence-electron chi connectivity index (χ4n) is 1.17. The van der Waals surface area contributed by atoms with Crippen LogP contribution in [0.15, 0.2) is 29.2 Å². The van der Waals surface area contributed by atoms with E-state index in [4.69, 9.17) is 12.2 Å². The van der Waals surface area contributed by atoms with Gasteiger partial charge in [0.1, 0.15) is 4.32 Å². The first-order valence-electron chi connectivity index (χ1n) is 4.15. The average molecular weight is 347 g/mol. The van der Waals surface area contributed by atoms with E-state index in [1.165, 1.54) is 11.8 Å². The average Bonchev–Trinajstić information content (AvgIpc) is 2.45. The van der Waals surface area contributed by atoms with Gasteiger partial charge in [-0.2, -0.15) is 0 Å². The lowest BCUT2D eigenvalue weighted by molar-refractivity contribution is -0.115. The number of rotatable bonds is 1. The lowest BCUT2D eigenvalue weighted by atomic mass is 10.2. The summed E-state index contributed by atoms with van der Waals surface area (Å²) in [4.78, 5) is 12.0. The monoisotopic (exact) mass is 347 g/mol. The molecule has 5 heteroatoms. The Morgan fingerprint density at radius 2 is 2.27 bits per heavy atom. The number of halogens is 1. The van der Waals surface area contributed by atoms with Crippen molar-refractivity contribution in [2.75, 3.05) is 0 Å². The summed E-state index contributed by atoms with van der Waals surface area (Å²) in [7, 11) is 0. The summed E-state index contributed by atoms with van der Waals surface area (Å²) < 4.78 is 1.67. The molecule has 1 amide bonds. The van der Waals surface area contributed by atoms with Crippen molar-refractivity contribution in [1.82, 2.24) is 5.32 Å². The minimum atomic E-state index is -0.108. The molecule has 0 spiro atoms. The molecule has 1 aliphatic heterocycles. The van der Waals surface area contributed by atoms with Crippen molar-refractivity contribution in [3.8, 4) is 0 Å². The summed E-state index contributed by atoms with van der Waals surface area (Å²) >= 11 is 8.45. The van der Waals surface area contributed by atoms with Gasteiger partial charge in [0.25, 0.3) is 5.91 Å². The largest absolute Gasteiger partial charge is 0.307 e. The number of benzene rings is 1. The zero-order chi connectivity index (χ0) is 10.8. The van der Waals surface area contributed by atoms with Crippen LogP contribution in [0.1, 0.15) is 5.56 Å². The van der Waals surface area contributed by atoms with Crippen LogP contribution in [0.3, 0.4) is 0 Å². The molecule has 0 saturated carbocycles. The van der Waals surface area contributed by atoms with Crippen LogP contribution in [0, 0.1) is 3.57 Å². The Kier molecular flexibility index (Phi) is 3.42. The topological polar surface area (TPSA) is 29.1 Å². The first-order chi connectivity index (χ1) is 7.15. The second-order valence-corrected chi connectivity index (χ2v) is 5.87. The van der Waals surface area contributed by atoms with E-state index in [1.54, 1.807) is 0 Å². The minimum Gasteiger partial charge on any atom is -0.307 e. The Morgan fingerprint density at radius 1 is 1.47 bits per heavy atom. The number of thiocarbonyl (C=S) groups is 1. The summed E-state index contributed by atoms with van der Waals surface area (Å²) in [5.41, 5.74) is 1.02. The first-order valence-corrected chi connectivity index (χ1v) is 6.46. The van der Waals surface area contributed by atoms with Gasteiger partial charge in [-0.25, -0.2) is 0 Å². The zero-order valence-corrected chi connectivity index (χ0v) is 11.3. The van der Waals surface area contributed by atoms with Crippen molar-refractivity contribution in [3.63, 3.8) is 0 Å². The molecular formula is C10H6INOS2. The summed E-state index contributed by atoms with van der Waals surface area (Å²) in [6.45, 7) is 0. The van der Waals surface area contributed by atoms with Crippen LogP contribution in [0.4, 0.5) is 0 Å². The van der Waals surface area contributed by atoms with Gasteiger partial charge in [0.05, 0.1) is 4.91 Å². The van der Waals surface area contributed by atoms with E-state index in [2.05, 4.69) is 27.9 Å². The molecule has 1 saturated heterocycles. The predicted molar refractivity (Wildman–Crippen MR) is 75.5 cm³/mol. The van der Waals surface area contributed by atoms with Crippen LogP contribution in [-0.4, -0.2) is 10.2 Å². The van der Waals surface area contributed by atoms with Crippen molar-refractivity contribution in [2.24, 2.45) is 0 Å². The fraction of sp³-hybridized carbons (Fsp3) is 0. The van der Waals surface area contributed by atoms with Crippen LogP contribution in [0.25, 0.3) is 6.08 Å². The van der Waals surface area contributed by atoms with Gasteiger partial charge in [-0.15, -0.1) is 0 Å². The molecule has 0 bridgehead atoms. The lowest BCUT2D eigenvalue weighted by Gasteiger charge is -1.95. The Labute approximate surface area is 111 Å². The molecular weight excluding hydrogens is 341 g/mol. The number of nitrogens with one attached hydrogen (secondary N) is 1. The predicted octanol–water partition coefficient (Wildman–Crippen LogP) is 2.78. The van der Waals surface area contributed by atoms with Crippen LogP contribution in [0.2, 0.25) is 0 Å². The molecule has 1 heterocycles. The molecule has 0 unspecified atom stereocenters. The standard InChI is InChI=1S/C10H6INOS2/c11-7-3-1-2-6(4-7)5-8-9(13)12-10(14)15-8/h1-5H,(H,12,13,14). The fourth-order valence-corrected chi connectivity index (χ4v) is 2.78. The van der Waals surface area contributed by atoms with Gasteiger partial charge in [-0.3, -0.25) is 4.79 Å². The molecule has 2 rings (SSSR count).